The van der Waals surface area contributed by atoms with Gasteiger partial charge in [-0.15, -0.1) is 0 Å². The molecule has 2 nitrogen and oxygen atoms in total. The predicted octanol–water partition coefficient (Wildman–Crippen LogP) is 2.60. The molecule has 0 amide bonds. The molecule has 21 heavy (non-hydrogen) atoms. The zero-order valence-electron chi connectivity index (χ0n) is 13.5. The first kappa shape index (κ1) is 14.6. The van der Waals surface area contributed by atoms with Gasteiger partial charge in [0.05, 0.1) is 7.11 Å². The van der Waals surface area contributed by atoms with E-state index in [1.165, 1.54) is 60.3 Å². The van der Waals surface area contributed by atoms with Crippen molar-refractivity contribution in [3.8, 4) is 5.75 Å². The first-order chi connectivity index (χ1) is 10.3. The summed E-state index contributed by atoms with van der Waals surface area (Å²) >= 11 is 0. The topological polar surface area (TPSA) is 12.5 Å². The van der Waals surface area contributed by atoms with Crippen LogP contribution in [0, 0.1) is 0 Å². The summed E-state index contributed by atoms with van der Waals surface area (Å²) in [6.45, 7) is 5.80. The molecule has 0 saturated carbocycles. The number of benzene rings is 1. The Morgan fingerprint density at radius 3 is 2.43 bits per heavy atom. The number of methoxy groups -OCH3 is 1. The molecule has 1 saturated heterocycles. The Kier molecular flexibility index (Phi) is 4.64. The van der Waals surface area contributed by atoms with Crippen LogP contribution in [-0.2, 0) is 13.0 Å². The van der Waals surface area contributed by atoms with Crippen molar-refractivity contribution < 1.29 is 4.74 Å². The van der Waals surface area contributed by atoms with Crippen LogP contribution in [0.5, 0.6) is 5.75 Å². The Labute approximate surface area is 128 Å². The molecule has 0 bridgehead atoms. The van der Waals surface area contributed by atoms with Crippen LogP contribution in [0.3, 0.4) is 0 Å². The fourth-order valence-electron chi connectivity index (χ4n) is 3.76. The number of hydrogen-bond donors (Lipinski definition) is 0. The van der Waals surface area contributed by atoms with E-state index < -0.39 is 0 Å². The maximum atomic E-state index is 5.68. The molecule has 1 heterocycles. The average Bonchev–Trinajstić information content (AvgIpc) is 2.55. The normalized spacial score (nSPS) is 18.6. The van der Waals surface area contributed by atoms with Gasteiger partial charge in [-0.3, -0.25) is 4.90 Å². The second-order valence-corrected chi connectivity index (χ2v) is 6.22. The van der Waals surface area contributed by atoms with E-state index in [-0.39, 0.29) is 0 Å². The van der Waals surface area contributed by atoms with Gasteiger partial charge >= 0.3 is 0 Å². The summed E-state index contributed by atoms with van der Waals surface area (Å²) in [7, 11) is 1.80. The molecule has 114 valence electrons. The van der Waals surface area contributed by atoms with Crippen LogP contribution < -0.4 is 15.2 Å². The number of rotatable bonds is 4. The van der Waals surface area contributed by atoms with Crippen molar-refractivity contribution in [2.45, 2.75) is 52.0 Å². The van der Waals surface area contributed by atoms with Gasteiger partial charge in [0.2, 0.25) is 0 Å². The van der Waals surface area contributed by atoms with Gasteiger partial charge in [0.25, 0.3) is 0 Å². The van der Waals surface area contributed by atoms with Gasteiger partial charge in [-0.2, -0.15) is 0 Å². The van der Waals surface area contributed by atoms with Gasteiger partial charge in [-0.25, -0.2) is 0 Å². The molecule has 0 atom stereocenters. The lowest BCUT2D eigenvalue weighted by atomic mass is 9.96. The smallest absolute Gasteiger partial charge is 0.122 e. The standard InChI is InChI=1S/C19H27NO/c1-3-16-18-10-6-5-9-17(18)15(13-19(16)21-2)14-20-11-7-4-8-12-20/h9-10,13H,3-8,11-12,14H2,1-2H3. The van der Waals surface area contributed by atoms with Gasteiger partial charge in [0.15, 0.2) is 0 Å². The van der Waals surface area contributed by atoms with Gasteiger partial charge in [0, 0.05) is 12.1 Å². The molecule has 0 radical (unpaired) electrons. The molecule has 1 aromatic rings. The van der Waals surface area contributed by atoms with Crippen LogP contribution in [0.25, 0.3) is 12.2 Å². The van der Waals surface area contributed by atoms with E-state index in [0.29, 0.717) is 0 Å². The van der Waals surface area contributed by atoms with Gasteiger partial charge in [0.1, 0.15) is 5.75 Å². The molecular formula is C19H27NO. The Hall–Kier alpha value is -1.28. The maximum absolute atomic E-state index is 5.68. The van der Waals surface area contributed by atoms with Crippen LogP contribution >= 0.6 is 0 Å². The highest BCUT2D eigenvalue weighted by Gasteiger charge is 2.15. The summed E-state index contributed by atoms with van der Waals surface area (Å²) in [5.41, 5.74) is 2.84. The Balaban J connectivity index is 2.04. The molecule has 2 heteroatoms. The fourth-order valence-corrected chi connectivity index (χ4v) is 3.76. The highest BCUT2D eigenvalue weighted by Crippen LogP contribution is 2.19. The number of likely N-dealkylation sites (tertiary alicyclic amines) is 1. The van der Waals surface area contributed by atoms with Crippen LogP contribution in [0.2, 0.25) is 0 Å². The second-order valence-electron chi connectivity index (χ2n) is 6.22. The maximum Gasteiger partial charge on any atom is 0.122 e. The van der Waals surface area contributed by atoms with E-state index in [1.54, 1.807) is 7.11 Å². The molecule has 1 aliphatic heterocycles. The summed E-state index contributed by atoms with van der Waals surface area (Å²) in [6, 6.07) is 2.29. The van der Waals surface area contributed by atoms with Crippen LogP contribution in [0.4, 0.5) is 0 Å². The van der Waals surface area contributed by atoms with Crippen molar-refractivity contribution in [3.05, 3.63) is 27.6 Å². The molecule has 3 rings (SSSR count). The summed E-state index contributed by atoms with van der Waals surface area (Å²) in [5.74, 6) is 1.08. The Bertz CT molecular complexity index is 611. The molecule has 1 aromatic carbocycles. The summed E-state index contributed by atoms with van der Waals surface area (Å²) < 4.78 is 5.68. The van der Waals surface area contributed by atoms with Crippen LogP contribution in [0.15, 0.2) is 6.07 Å². The highest BCUT2D eigenvalue weighted by atomic mass is 16.5. The first-order valence-corrected chi connectivity index (χ1v) is 8.45. The predicted molar refractivity (Wildman–Crippen MR) is 88.9 cm³/mol. The van der Waals surface area contributed by atoms with E-state index in [4.69, 9.17) is 4.74 Å². The zero-order valence-corrected chi connectivity index (χ0v) is 13.5. The van der Waals surface area contributed by atoms with E-state index in [9.17, 15) is 0 Å². The average molecular weight is 285 g/mol. The van der Waals surface area contributed by atoms with Crippen molar-refractivity contribution in [1.82, 2.24) is 4.90 Å². The van der Waals surface area contributed by atoms with Gasteiger partial charge in [-0.1, -0.05) is 25.5 Å². The molecule has 0 N–H and O–H groups in total. The number of hydrogen-bond acceptors (Lipinski definition) is 2. The number of nitrogens with zero attached hydrogens (tertiary/aromatic N) is 1. The third-order valence-corrected chi connectivity index (χ3v) is 4.84. The van der Waals surface area contributed by atoms with Crippen molar-refractivity contribution in [1.29, 1.82) is 0 Å². The van der Waals surface area contributed by atoms with Crippen LogP contribution in [-0.4, -0.2) is 25.1 Å². The minimum Gasteiger partial charge on any atom is -0.496 e. The SMILES string of the molecule is CCc1c(OC)cc(CN2CCCCC2)c2c1=CCCC=2. The van der Waals surface area contributed by atoms with E-state index in [2.05, 4.69) is 30.0 Å². The lowest BCUT2D eigenvalue weighted by Crippen LogP contribution is -2.38. The van der Waals surface area contributed by atoms with Crippen molar-refractivity contribution >= 4 is 12.2 Å². The molecule has 1 fully saturated rings. The number of ether oxygens (including phenoxy) is 1. The van der Waals surface area contributed by atoms with E-state index in [1.807, 2.05) is 0 Å². The highest BCUT2D eigenvalue weighted by molar-refractivity contribution is 5.50. The third-order valence-electron chi connectivity index (χ3n) is 4.84. The van der Waals surface area contributed by atoms with Crippen molar-refractivity contribution in [2.24, 2.45) is 0 Å². The van der Waals surface area contributed by atoms with E-state index >= 15 is 0 Å². The summed E-state index contributed by atoms with van der Waals surface area (Å²) in [4.78, 5) is 2.60. The summed E-state index contributed by atoms with van der Waals surface area (Å²) in [6.07, 6.45) is 12.3. The zero-order chi connectivity index (χ0) is 14.7. The molecule has 2 aliphatic rings. The van der Waals surface area contributed by atoms with Gasteiger partial charge in [-0.05, 0) is 67.3 Å². The Morgan fingerprint density at radius 2 is 1.76 bits per heavy atom. The number of piperidine rings is 1. The number of fused-ring (bicyclic) bond motifs is 1. The minimum atomic E-state index is 1.04. The second kappa shape index (κ2) is 6.65. The minimum absolute atomic E-state index is 1.04. The molecule has 0 unspecified atom stereocenters. The fraction of sp³-hybridized carbons (Fsp3) is 0.579. The summed E-state index contributed by atoms with van der Waals surface area (Å²) in [5, 5.41) is 2.92. The molecule has 1 aliphatic carbocycles. The van der Waals surface area contributed by atoms with Crippen molar-refractivity contribution in [2.75, 3.05) is 20.2 Å². The van der Waals surface area contributed by atoms with Crippen molar-refractivity contribution in [3.63, 3.8) is 0 Å². The largest absolute Gasteiger partial charge is 0.496 e. The third kappa shape index (κ3) is 3.01. The van der Waals surface area contributed by atoms with Crippen LogP contribution in [0.1, 0.15) is 50.2 Å². The van der Waals surface area contributed by atoms with E-state index in [0.717, 1.165) is 25.1 Å². The van der Waals surface area contributed by atoms with Gasteiger partial charge < -0.3 is 4.74 Å². The quantitative estimate of drug-likeness (QED) is 0.843. The first-order valence-electron chi connectivity index (χ1n) is 8.45. The lowest BCUT2D eigenvalue weighted by molar-refractivity contribution is 0.220. The molecular weight excluding hydrogens is 258 g/mol. The Morgan fingerprint density at radius 1 is 1.05 bits per heavy atom. The molecule has 0 aromatic heterocycles. The molecule has 0 spiro atoms. The lowest BCUT2D eigenvalue weighted by Gasteiger charge is -2.27. The monoisotopic (exact) mass is 285 g/mol.